The smallest absolute Gasteiger partial charge is 0.235 e. The molecular weight excluding hydrogens is 494 g/mol. The molecule has 0 aromatic heterocycles. The van der Waals surface area contributed by atoms with Crippen LogP contribution in [0.15, 0.2) is 12.1 Å². The molecule has 1 amide bonds. The van der Waals surface area contributed by atoms with Crippen LogP contribution in [0.3, 0.4) is 0 Å². The zero-order chi connectivity index (χ0) is 27.7. The van der Waals surface area contributed by atoms with Gasteiger partial charge in [-0.3, -0.25) is 28.9 Å². The second kappa shape index (κ2) is 9.25. The molecule has 0 radical (unpaired) electrons. The van der Waals surface area contributed by atoms with E-state index < -0.39 is 64.4 Å². The number of hydrogen-bond acceptors (Lipinski definition) is 10. The molecule has 3 fully saturated rings. The van der Waals surface area contributed by atoms with E-state index in [1.54, 1.807) is 20.2 Å². The summed E-state index contributed by atoms with van der Waals surface area (Å²) in [5.74, 6) is -10.1. The summed E-state index contributed by atoms with van der Waals surface area (Å²) in [6, 6.07) is 1.84. The fraction of sp³-hybridized carbons (Fsp3) is 0.593. The molecule has 5 rings (SSSR count). The molecular formula is C27H33N3O8. The van der Waals surface area contributed by atoms with Crippen molar-refractivity contribution in [3.05, 3.63) is 23.3 Å². The highest BCUT2D eigenvalue weighted by Gasteiger charge is 2.69. The molecule has 1 heterocycles. The number of carbonyl (C=O) groups excluding carboxylic acids is 5. The maximum Gasteiger partial charge on any atom is 0.235 e. The summed E-state index contributed by atoms with van der Waals surface area (Å²) in [5.41, 5.74) is 3.05. The molecule has 6 atom stereocenters. The summed E-state index contributed by atoms with van der Waals surface area (Å²) in [6.45, 7) is 1.73. The third-order valence-electron chi connectivity index (χ3n) is 8.86. The molecule has 1 aliphatic heterocycles. The first kappa shape index (κ1) is 26.5. The van der Waals surface area contributed by atoms with Gasteiger partial charge in [0.2, 0.25) is 5.91 Å². The van der Waals surface area contributed by atoms with Crippen LogP contribution in [0, 0.1) is 23.7 Å². The molecule has 0 spiro atoms. The lowest BCUT2D eigenvalue weighted by Gasteiger charge is -2.52. The summed E-state index contributed by atoms with van der Waals surface area (Å²) in [6.07, 6.45) is 1.73. The highest BCUT2D eigenvalue weighted by Crippen LogP contribution is 2.51. The van der Waals surface area contributed by atoms with E-state index in [0.29, 0.717) is 11.3 Å². The number of likely N-dealkylation sites (tertiary alicyclic amines) is 1. The van der Waals surface area contributed by atoms with Crippen LogP contribution < -0.4 is 10.5 Å². The first-order valence-corrected chi connectivity index (χ1v) is 12.9. The summed E-state index contributed by atoms with van der Waals surface area (Å²) in [4.78, 5) is 69.8. The van der Waals surface area contributed by atoms with Gasteiger partial charge in [-0.25, -0.2) is 0 Å². The van der Waals surface area contributed by atoms with E-state index in [2.05, 4.69) is 4.90 Å². The minimum atomic E-state index is -2.73. The van der Waals surface area contributed by atoms with Crippen molar-refractivity contribution in [2.24, 2.45) is 29.4 Å². The standard InChI is InChI=1S/C27H33N3O8/c1-29(2)21-15-11-12-10-14-17(38-13-6-8-30(3)9-7-13)5-4-16(31)19(14)22(32)18(12)24(34)27(15,37)25(35)20(23(21)33)26(28)36/h4-5,12-13,15,18,20-21,31,37H,6-11H2,1-3H3,(H2,28,36)/t12-,15-,18?,20?,21-,27-/m0/s1. The highest BCUT2D eigenvalue weighted by molar-refractivity contribution is 6.32. The van der Waals surface area contributed by atoms with Gasteiger partial charge in [-0.1, -0.05) is 0 Å². The van der Waals surface area contributed by atoms with E-state index in [9.17, 15) is 34.2 Å². The van der Waals surface area contributed by atoms with Crippen molar-refractivity contribution in [2.45, 2.75) is 43.4 Å². The minimum absolute atomic E-state index is 0.00716. The van der Waals surface area contributed by atoms with Gasteiger partial charge >= 0.3 is 0 Å². The Labute approximate surface area is 219 Å². The van der Waals surface area contributed by atoms with Crippen LogP contribution >= 0.6 is 0 Å². The Morgan fingerprint density at radius 1 is 1.13 bits per heavy atom. The van der Waals surface area contributed by atoms with Gasteiger partial charge in [-0.05, 0) is 64.9 Å². The summed E-state index contributed by atoms with van der Waals surface area (Å²) < 4.78 is 6.28. The van der Waals surface area contributed by atoms with Gasteiger partial charge in [-0.15, -0.1) is 0 Å². The molecule has 1 aromatic rings. The Kier molecular flexibility index (Phi) is 6.44. The number of ether oxygens (including phenoxy) is 1. The second-order valence-corrected chi connectivity index (χ2v) is 11.3. The molecule has 1 aromatic carbocycles. The Bertz CT molecular complexity index is 1240. The maximum atomic E-state index is 13.8. The first-order valence-electron chi connectivity index (χ1n) is 12.9. The molecule has 4 N–H and O–H groups in total. The third-order valence-corrected chi connectivity index (χ3v) is 8.86. The third kappa shape index (κ3) is 3.78. The van der Waals surface area contributed by atoms with Crippen LogP contribution in [0.5, 0.6) is 11.5 Å². The monoisotopic (exact) mass is 527 g/mol. The number of rotatable bonds is 4. The fourth-order valence-electron chi connectivity index (χ4n) is 6.97. The lowest BCUT2D eigenvalue weighted by Crippen LogP contribution is -2.74. The first-order chi connectivity index (χ1) is 17.9. The number of hydrogen-bond donors (Lipinski definition) is 3. The number of ketones is 4. The number of piperidine rings is 1. The predicted octanol–water partition coefficient (Wildman–Crippen LogP) is -0.660. The fourth-order valence-corrected chi connectivity index (χ4v) is 6.97. The largest absolute Gasteiger partial charge is 0.507 e. The number of nitrogens with zero attached hydrogens (tertiary/aromatic N) is 2. The number of benzene rings is 1. The number of likely N-dealkylation sites (N-methyl/N-ethyl adjacent to an activating group) is 1. The Morgan fingerprint density at radius 3 is 2.39 bits per heavy atom. The van der Waals surface area contributed by atoms with E-state index in [4.69, 9.17) is 10.5 Å². The van der Waals surface area contributed by atoms with Crippen molar-refractivity contribution >= 4 is 29.0 Å². The predicted molar refractivity (Wildman–Crippen MR) is 133 cm³/mol. The van der Waals surface area contributed by atoms with Crippen LogP contribution in [0.2, 0.25) is 0 Å². The molecule has 0 bridgehead atoms. The van der Waals surface area contributed by atoms with Gasteiger partial charge in [0.25, 0.3) is 0 Å². The lowest BCUT2D eigenvalue weighted by molar-refractivity contribution is -0.181. The van der Waals surface area contributed by atoms with Crippen molar-refractivity contribution in [3.8, 4) is 11.5 Å². The molecule has 4 aliphatic rings. The molecule has 1 saturated heterocycles. The van der Waals surface area contributed by atoms with E-state index >= 15 is 0 Å². The Morgan fingerprint density at radius 2 is 1.79 bits per heavy atom. The van der Waals surface area contributed by atoms with Gasteiger partial charge in [-0.2, -0.15) is 0 Å². The van der Waals surface area contributed by atoms with Gasteiger partial charge in [0.1, 0.15) is 17.6 Å². The number of primary amides is 1. The summed E-state index contributed by atoms with van der Waals surface area (Å²) in [5, 5.41) is 22.3. The topological polar surface area (TPSA) is 168 Å². The molecule has 11 nitrogen and oxygen atoms in total. The maximum absolute atomic E-state index is 13.8. The molecule has 204 valence electrons. The number of phenols is 1. The Balaban J connectivity index is 1.55. The quantitative estimate of drug-likeness (QED) is 0.428. The van der Waals surface area contributed by atoms with E-state index in [1.807, 2.05) is 7.05 Å². The SMILES string of the molecule is CN1CCC(Oc2ccc(O)c3c2C[C@H]2C[C@H]4[C@H](N(C)C)C(=O)C(C(N)=O)C(=O)[C@@]4(O)C(=O)C2C3=O)CC1. The molecule has 11 heteroatoms. The van der Waals surface area contributed by atoms with Crippen LogP contribution in [0.25, 0.3) is 0 Å². The molecule has 3 aliphatic carbocycles. The van der Waals surface area contributed by atoms with Gasteiger partial charge in [0.05, 0.1) is 17.5 Å². The molecule has 2 saturated carbocycles. The second-order valence-electron chi connectivity index (χ2n) is 11.3. The van der Waals surface area contributed by atoms with Gasteiger partial charge in [0, 0.05) is 24.6 Å². The van der Waals surface area contributed by atoms with Crippen LogP contribution in [-0.2, 0) is 25.6 Å². The van der Waals surface area contributed by atoms with Crippen LogP contribution in [0.4, 0.5) is 0 Å². The zero-order valence-electron chi connectivity index (χ0n) is 21.7. The van der Waals surface area contributed by atoms with Crippen molar-refractivity contribution in [1.82, 2.24) is 9.80 Å². The van der Waals surface area contributed by atoms with E-state index in [1.165, 1.54) is 11.0 Å². The molecule has 38 heavy (non-hydrogen) atoms. The average molecular weight is 528 g/mol. The van der Waals surface area contributed by atoms with Gasteiger partial charge < -0.3 is 25.6 Å². The number of aliphatic hydroxyl groups is 1. The van der Waals surface area contributed by atoms with Crippen LogP contribution in [-0.4, -0.2) is 101 Å². The molecule has 2 unspecified atom stereocenters. The number of amides is 1. The normalized spacial score (nSPS) is 34.1. The van der Waals surface area contributed by atoms with Crippen LogP contribution in [0.1, 0.15) is 35.2 Å². The van der Waals surface area contributed by atoms with Gasteiger partial charge in [0.15, 0.2) is 34.7 Å². The number of fused-ring (bicyclic) bond motifs is 3. The van der Waals surface area contributed by atoms with E-state index in [-0.39, 0.29) is 30.3 Å². The zero-order valence-corrected chi connectivity index (χ0v) is 21.7. The minimum Gasteiger partial charge on any atom is -0.507 e. The van der Waals surface area contributed by atoms with Crippen molar-refractivity contribution < 1.29 is 38.9 Å². The lowest BCUT2D eigenvalue weighted by atomic mass is 9.52. The van der Waals surface area contributed by atoms with Crippen molar-refractivity contribution in [3.63, 3.8) is 0 Å². The van der Waals surface area contributed by atoms with E-state index in [0.717, 1.165) is 25.9 Å². The van der Waals surface area contributed by atoms with Crippen molar-refractivity contribution in [1.29, 1.82) is 0 Å². The number of Topliss-reactive ketones (excluding diaryl/α,β-unsaturated/α-hetero) is 4. The summed E-state index contributed by atoms with van der Waals surface area (Å²) in [7, 11) is 5.15. The van der Waals surface area contributed by atoms with Crippen molar-refractivity contribution in [2.75, 3.05) is 34.2 Å². The Hall–Kier alpha value is -3.15. The number of nitrogens with two attached hydrogens (primary N) is 1. The number of phenolic OH excluding ortho intramolecular Hbond substituents is 1. The summed E-state index contributed by atoms with van der Waals surface area (Å²) >= 11 is 0. The average Bonchev–Trinajstić information content (AvgIpc) is 2.84. The highest BCUT2D eigenvalue weighted by atomic mass is 16.5. The number of aromatic hydroxyl groups is 1. The number of carbonyl (C=O) groups is 5.